The lowest BCUT2D eigenvalue weighted by molar-refractivity contribution is -0.132. The van der Waals surface area contributed by atoms with Crippen LogP contribution < -0.4 is 5.32 Å². The summed E-state index contributed by atoms with van der Waals surface area (Å²) in [6.45, 7) is 2.75. The lowest BCUT2D eigenvalue weighted by atomic mass is 9.97. The van der Waals surface area contributed by atoms with Gasteiger partial charge in [-0.15, -0.1) is 0 Å². The molecule has 18 heavy (non-hydrogen) atoms. The average molecular weight is 248 g/mol. The standard InChI is InChI=1S/C12H16N4O2/c1-9(17)16-7-2-4-10(8-16)11(18)15-12-13-5-3-6-14-12/h3,5-6,10H,2,4,7-8H2,1H3,(H,13,14,15,18). The zero-order valence-corrected chi connectivity index (χ0v) is 10.3. The van der Waals surface area contributed by atoms with Crippen LogP contribution in [0.15, 0.2) is 18.5 Å². The van der Waals surface area contributed by atoms with E-state index in [2.05, 4.69) is 15.3 Å². The first-order chi connectivity index (χ1) is 8.66. The van der Waals surface area contributed by atoms with E-state index in [1.165, 1.54) is 6.92 Å². The molecular formula is C12H16N4O2. The van der Waals surface area contributed by atoms with E-state index < -0.39 is 0 Å². The van der Waals surface area contributed by atoms with Crippen molar-refractivity contribution in [3.8, 4) is 0 Å². The second kappa shape index (κ2) is 5.57. The summed E-state index contributed by atoms with van der Waals surface area (Å²) in [4.78, 5) is 32.9. The number of piperidine rings is 1. The maximum atomic E-state index is 12.0. The first-order valence-corrected chi connectivity index (χ1v) is 6.00. The number of hydrogen-bond donors (Lipinski definition) is 1. The fraction of sp³-hybridized carbons (Fsp3) is 0.500. The van der Waals surface area contributed by atoms with Crippen LogP contribution in [0.25, 0.3) is 0 Å². The highest BCUT2D eigenvalue weighted by Gasteiger charge is 2.27. The van der Waals surface area contributed by atoms with Crippen molar-refractivity contribution in [2.24, 2.45) is 5.92 Å². The highest BCUT2D eigenvalue weighted by molar-refractivity contribution is 5.91. The van der Waals surface area contributed by atoms with Gasteiger partial charge in [0.15, 0.2) is 0 Å². The number of nitrogens with one attached hydrogen (secondary N) is 1. The third-order valence-corrected chi connectivity index (χ3v) is 3.04. The van der Waals surface area contributed by atoms with Crippen molar-refractivity contribution in [1.29, 1.82) is 0 Å². The van der Waals surface area contributed by atoms with Gasteiger partial charge in [0.05, 0.1) is 5.92 Å². The predicted octanol–water partition coefficient (Wildman–Crippen LogP) is 0.674. The summed E-state index contributed by atoms with van der Waals surface area (Å²) in [5.74, 6) is 0.0320. The van der Waals surface area contributed by atoms with E-state index in [0.717, 1.165) is 19.4 Å². The van der Waals surface area contributed by atoms with Crippen LogP contribution >= 0.6 is 0 Å². The monoisotopic (exact) mass is 248 g/mol. The zero-order chi connectivity index (χ0) is 13.0. The van der Waals surface area contributed by atoms with Crippen molar-refractivity contribution >= 4 is 17.8 Å². The van der Waals surface area contributed by atoms with E-state index in [4.69, 9.17) is 0 Å². The van der Waals surface area contributed by atoms with Crippen LogP contribution in [0.2, 0.25) is 0 Å². The number of anilines is 1. The van der Waals surface area contributed by atoms with E-state index in [1.807, 2.05) is 0 Å². The second-order valence-electron chi connectivity index (χ2n) is 4.37. The Balaban J connectivity index is 1.95. The molecule has 0 saturated carbocycles. The molecule has 1 aromatic heterocycles. The molecule has 0 aliphatic carbocycles. The maximum Gasteiger partial charge on any atom is 0.231 e. The molecule has 1 unspecified atom stereocenters. The molecule has 2 rings (SSSR count). The largest absolute Gasteiger partial charge is 0.342 e. The van der Waals surface area contributed by atoms with Gasteiger partial charge in [-0.05, 0) is 18.9 Å². The van der Waals surface area contributed by atoms with Gasteiger partial charge < -0.3 is 4.90 Å². The van der Waals surface area contributed by atoms with Crippen molar-refractivity contribution < 1.29 is 9.59 Å². The Morgan fingerprint density at radius 2 is 2.11 bits per heavy atom. The lowest BCUT2D eigenvalue weighted by Gasteiger charge is -2.31. The Labute approximate surface area is 105 Å². The van der Waals surface area contributed by atoms with E-state index in [1.54, 1.807) is 23.4 Å². The Hall–Kier alpha value is -1.98. The molecule has 2 heterocycles. The number of likely N-dealkylation sites (tertiary alicyclic amines) is 1. The lowest BCUT2D eigenvalue weighted by Crippen LogP contribution is -2.42. The van der Waals surface area contributed by atoms with Gasteiger partial charge in [-0.25, -0.2) is 9.97 Å². The Morgan fingerprint density at radius 3 is 2.78 bits per heavy atom. The summed E-state index contributed by atoms with van der Waals surface area (Å²) in [5.41, 5.74) is 0. The number of amides is 2. The number of hydrogen-bond acceptors (Lipinski definition) is 4. The van der Waals surface area contributed by atoms with Gasteiger partial charge in [-0.1, -0.05) is 0 Å². The summed E-state index contributed by atoms with van der Waals surface area (Å²) >= 11 is 0. The third kappa shape index (κ3) is 3.03. The summed E-state index contributed by atoms with van der Waals surface area (Å²) in [6.07, 6.45) is 4.80. The van der Waals surface area contributed by atoms with Crippen LogP contribution in [0.4, 0.5) is 5.95 Å². The van der Waals surface area contributed by atoms with Crippen LogP contribution in [0.5, 0.6) is 0 Å². The summed E-state index contributed by atoms with van der Waals surface area (Å²) in [5, 5.41) is 2.67. The van der Waals surface area contributed by atoms with E-state index in [0.29, 0.717) is 12.5 Å². The molecule has 0 aromatic carbocycles. The highest BCUT2D eigenvalue weighted by Crippen LogP contribution is 2.17. The fourth-order valence-electron chi connectivity index (χ4n) is 2.05. The van der Waals surface area contributed by atoms with Crippen molar-refractivity contribution in [1.82, 2.24) is 14.9 Å². The van der Waals surface area contributed by atoms with Gasteiger partial charge in [0.25, 0.3) is 0 Å². The number of nitrogens with zero attached hydrogens (tertiary/aromatic N) is 3. The van der Waals surface area contributed by atoms with Crippen molar-refractivity contribution in [3.05, 3.63) is 18.5 Å². The van der Waals surface area contributed by atoms with Gasteiger partial charge >= 0.3 is 0 Å². The zero-order valence-electron chi connectivity index (χ0n) is 10.3. The molecular weight excluding hydrogens is 232 g/mol. The minimum absolute atomic E-state index is 0.0171. The van der Waals surface area contributed by atoms with Crippen LogP contribution in [0.1, 0.15) is 19.8 Å². The van der Waals surface area contributed by atoms with Crippen LogP contribution in [0, 0.1) is 5.92 Å². The molecule has 1 aromatic rings. The Bertz CT molecular complexity index is 435. The minimum Gasteiger partial charge on any atom is -0.342 e. The molecule has 1 aliphatic rings. The maximum absolute atomic E-state index is 12.0. The molecule has 1 atom stereocenters. The van der Waals surface area contributed by atoms with Crippen molar-refractivity contribution in [2.75, 3.05) is 18.4 Å². The van der Waals surface area contributed by atoms with Crippen molar-refractivity contribution in [3.63, 3.8) is 0 Å². The van der Waals surface area contributed by atoms with Gasteiger partial charge in [-0.2, -0.15) is 0 Å². The first-order valence-electron chi connectivity index (χ1n) is 6.00. The number of rotatable bonds is 2. The molecule has 0 bridgehead atoms. The summed E-state index contributed by atoms with van der Waals surface area (Å²) in [7, 11) is 0. The van der Waals surface area contributed by atoms with Crippen molar-refractivity contribution in [2.45, 2.75) is 19.8 Å². The Morgan fingerprint density at radius 1 is 1.39 bits per heavy atom. The molecule has 1 fully saturated rings. The molecule has 96 valence electrons. The van der Waals surface area contributed by atoms with Gasteiger partial charge in [0, 0.05) is 32.4 Å². The molecule has 2 amide bonds. The van der Waals surface area contributed by atoms with Crippen LogP contribution in [-0.4, -0.2) is 39.8 Å². The fourth-order valence-corrected chi connectivity index (χ4v) is 2.05. The smallest absolute Gasteiger partial charge is 0.231 e. The quantitative estimate of drug-likeness (QED) is 0.834. The third-order valence-electron chi connectivity index (χ3n) is 3.04. The van der Waals surface area contributed by atoms with E-state index in [-0.39, 0.29) is 17.7 Å². The molecule has 1 aliphatic heterocycles. The number of carbonyl (C=O) groups excluding carboxylic acids is 2. The summed E-state index contributed by atoms with van der Waals surface area (Å²) < 4.78 is 0. The summed E-state index contributed by atoms with van der Waals surface area (Å²) in [6, 6.07) is 1.69. The van der Waals surface area contributed by atoms with E-state index in [9.17, 15) is 9.59 Å². The molecule has 1 saturated heterocycles. The number of aromatic nitrogens is 2. The molecule has 6 nitrogen and oxygen atoms in total. The van der Waals surface area contributed by atoms with Gasteiger partial charge in [0.1, 0.15) is 0 Å². The molecule has 6 heteroatoms. The number of carbonyl (C=O) groups is 2. The normalized spacial score (nSPS) is 19.4. The molecule has 0 spiro atoms. The average Bonchev–Trinajstić information content (AvgIpc) is 2.40. The molecule has 1 N–H and O–H groups in total. The van der Waals surface area contributed by atoms with Crippen LogP contribution in [0.3, 0.4) is 0 Å². The van der Waals surface area contributed by atoms with Gasteiger partial charge in [0.2, 0.25) is 17.8 Å². The minimum atomic E-state index is -0.175. The predicted molar refractivity (Wildman–Crippen MR) is 65.6 cm³/mol. The second-order valence-corrected chi connectivity index (χ2v) is 4.37. The topological polar surface area (TPSA) is 75.2 Å². The highest BCUT2D eigenvalue weighted by atomic mass is 16.2. The SMILES string of the molecule is CC(=O)N1CCCC(C(=O)Nc2ncccn2)C1. The molecule has 0 radical (unpaired) electrons. The van der Waals surface area contributed by atoms with E-state index >= 15 is 0 Å². The Kier molecular flexibility index (Phi) is 3.86. The first kappa shape index (κ1) is 12.5. The van der Waals surface area contributed by atoms with Gasteiger partial charge in [-0.3, -0.25) is 14.9 Å². The van der Waals surface area contributed by atoms with Crippen LogP contribution in [-0.2, 0) is 9.59 Å².